The van der Waals surface area contributed by atoms with E-state index in [0.29, 0.717) is 0 Å². The molecule has 2 aromatic rings. The molecule has 1 aromatic carbocycles. The summed E-state index contributed by atoms with van der Waals surface area (Å²) < 4.78 is 2.42. The van der Waals surface area contributed by atoms with Crippen LogP contribution < -0.4 is 5.73 Å². The SMILES string of the molecule is NCCc1cccc2c1ccn2CC1CCC1. The van der Waals surface area contributed by atoms with Crippen LogP contribution in [0.4, 0.5) is 0 Å². The van der Waals surface area contributed by atoms with Gasteiger partial charge in [-0.25, -0.2) is 0 Å². The first kappa shape index (κ1) is 10.8. The number of nitrogens with zero attached hydrogens (tertiary/aromatic N) is 1. The summed E-state index contributed by atoms with van der Waals surface area (Å²) in [6, 6.07) is 8.83. The number of hydrogen-bond acceptors (Lipinski definition) is 1. The van der Waals surface area contributed by atoms with Crippen LogP contribution in [0.1, 0.15) is 24.8 Å². The van der Waals surface area contributed by atoms with Gasteiger partial charge in [0.1, 0.15) is 0 Å². The highest BCUT2D eigenvalue weighted by Gasteiger charge is 2.18. The summed E-state index contributed by atoms with van der Waals surface area (Å²) in [4.78, 5) is 0. The van der Waals surface area contributed by atoms with Gasteiger partial charge < -0.3 is 10.3 Å². The molecular weight excluding hydrogens is 208 g/mol. The lowest BCUT2D eigenvalue weighted by Gasteiger charge is -2.26. The predicted molar refractivity (Wildman–Crippen MR) is 72.0 cm³/mol. The molecule has 1 saturated carbocycles. The Hall–Kier alpha value is -1.28. The molecule has 1 aliphatic rings. The van der Waals surface area contributed by atoms with Crippen molar-refractivity contribution >= 4 is 10.9 Å². The Labute approximate surface area is 102 Å². The van der Waals surface area contributed by atoms with Crippen molar-refractivity contribution in [1.29, 1.82) is 0 Å². The summed E-state index contributed by atoms with van der Waals surface area (Å²) >= 11 is 0. The summed E-state index contributed by atoms with van der Waals surface area (Å²) in [7, 11) is 0. The van der Waals surface area contributed by atoms with Gasteiger partial charge in [-0.2, -0.15) is 0 Å². The van der Waals surface area contributed by atoms with Crippen molar-refractivity contribution < 1.29 is 0 Å². The van der Waals surface area contributed by atoms with Crippen molar-refractivity contribution in [1.82, 2.24) is 4.57 Å². The zero-order valence-corrected chi connectivity index (χ0v) is 10.2. The van der Waals surface area contributed by atoms with Crippen LogP contribution >= 0.6 is 0 Å². The van der Waals surface area contributed by atoms with Crippen LogP contribution in [0.25, 0.3) is 10.9 Å². The zero-order valence-electron chi connectivity index (χ0n) is 10.2. The molecule has 1 fully saturated rings. The van der Waals surface area contributed by atoms with Gasteiger partial charge in [-0.05, 0) is 49.4 Å². The van der Waals surface area contributed by atoms with E-state index in [-0.39, 0.29) is 0 Å². The van der Waals surface area contributed by atoms with Gasteiger partial charge in [0, 0.05) is 23.6 Å². The molecule has 0 atom stereocenters. The fourth-order valence-corrected chi connectivity index (χ4v) is 2.77. The van der Waals surface area contributed by atoms with Gasteiger partial charge in [-0.15, -0.1) is 0 Å². The van der Waals surface area contributed by atoms with Crippen molar-refractivity contribution in [3.05, 3.63) is 36.0 Å². The van der Waals surface area contributed by atoms with Crippen LogP contribution in [0.5, 0.6) is 0 Å². The first-order valence-corrected chi connectivity index (χ1v) is 6.65. The van der Waals surface area contributed by atoms with E-state index in [1.807, 2.05) is 0 Å². The third-order valence-electron chi connectivity index (χ3n) is 4.00. The summed E-state index contributed by atoms with van der Waals surface area (Å²) in [6.07, 6.45) is 7.44. The van der Waals surface area contributed by atoms with Crippen LogP contribution in [-0.2, 0) is 13.0 Å². The number of benzene rings is 1. The number of rotatable bonds is 4. The standard InChI is InChI=1S/C15H20N2/c16-9-7-13-5-2-6-15-14(13)8-10-17(15)11-12-3-1-4-12/h2,5-6,8,10,12H,1,3-4,7,9,11,16H2. The molecule has 0 radical (unpaired) electrons. The average Bonchev–Trinajstić information content (AvgIpc) is 2.68. The molecule has 0 spiro atoms. The molecule has 0 amide bonds. The Bertz CT molecular complexity index is 509. The van der Waals surface area contributed by atoms with E-state index in [1.54, 1.807) is 0 Å². The minimum absolute atomic E-state index is 0.729. The van der Waals surface area contributed by atoms with E-state index in [9.17, 15) is 0 Å². The molecule has 0 unspecified atom stereocenters. The van der Waals surface area contributed by atoms with Crippen LogP contribution in [0.15, 0.2) is 30.5 Å². The van der Waals surface area contributed by atoms with Crippen molar-refractivity contribution in [3.63, 3.8) is 0 Å². The maximum atomic E-state index is 5.66. The van der Waals surface area contributed by atoms with Crippen LogP contribution in [0.3, 0.4) is 0 Å². The second-order valence-corrected chi connectivity index (χ2v) is 5.15. The number of nitrogens with two attached hydrogens (primary N) is 1. The van der Waals surface area contributed by atoms with E-state index in [1.165, 1.54) is 42.3 Å². The Kier molecular flexibility index (Phi) is 2.89. The maximum Gasteiger partial charge on any atom is 0.0483 e. The molecule has 2 N–H and O–H groups in total. The van der Waals surface area contributed by atoms with E-state index in [4.69, 9.17) is 5.73 Å². The molecule has 3 rings (SSSR count). The zero-order chi connectivity index (χ0) is 11.7. The highest BCUT2D eigenvalue weighted by molar-refractivity contribution is 5.83. The number of aromatic nitrogens is 1. The minimum atomic E-state index is 0.729. The summed E-state index contributed by atoms with van der Waals surface area (Å²) in [5.74, 6) is 0.906. The van der Waals surface area contributed by atoms with Crippen LogP contribution in [0.2, 0.25) is 0 Å². The van der Waals surface area contributed by atoms with Gasteiger partial charge in [-0.1, -0.05) is 18.6 Å². The first-order valence-electron chi connectivity index (χ1n) is 6.65. The molecule has 1 heterocycles. The van der Waals surface area contributed by atoms with Crippen molar-refractivity contribution in [3.8, 4) is 0 Å². The topological polar surface area (TPSA) is 30.9 Å². The van der Waals surface area contributed by atoms with Gasteiger partial charge in [0.2, 0.25) is 0 Å². The smallest absolute Gasteiger partial charge is 0.0483 e. The number of fused-ring (bicyclic) bond motifs is 1. The maximum absolute atomic E-state index is 5.66. The Morgan fingerprint density at radius 1 is 1.24 bits per heavy atom. The summed E-state index contributed by atoms with van der Waals surface area (Å²) in [6.45, 7) is 1.92. The van der Waals surface area contributed by atoms with E-state index >= 15 is 0 Å². The number of hydrogen-bond donors (Lipinski definition) is 1. The lowest BCUT2D eigenvalue weighted by molar-refractivity contribution is 0.280. The van der Waals surface area contributed by atoms with E-state index in [2.05, 4.69) is 35.0 Å². The highest BCUT2D eigenvalue weighted by atomic mass is 15.0. The van der Waals surface area contributed by atoms with Gasteiger partial charge in [0.05, 0.1) is 0 Å². The van der Waals surface area contributed by atoms with Crippen molar-refractivity contribution in [2.24, 2.45) is 11.7 Å². The second-order valence-electron chi connectivity index (χ2n) is 5.15. The second kappa shape index (κ2) is 4.53. The van der Waals surface area contributed by atoms with E-state index in [0.717, 1.165) is 18.9 Å². The largest absolute Gasteiger partial charge is 0.347 e. The minimum Gasteiger partial charge on any atom is -0.347 e. The normalized spacial score (nSPS) is 16.3. The van der Waals surface area contributed by atoms with Crippen molar-refractivity contribution in [2.75, 3.05) is 6.54 Å². The molecule has 0 aliphatic heterocycles. The third kappa shape index (κ3) is 1.98. The van der Waals surface area contributed by atoms with Gasteiger partial charge in [0.15, 0.2) is 0 Å². The molecule has 1 aromatic heterocycles. The molecule has 2 heteroatoms. The summed E-state index contributed by atoms with van der Waals surface area (Å²) in [5, 5.41) is 1.39. The fourth-order valence-electron chi connectivity index (χ4n) is 2.77. The van der Waals surface area contributed by atoms with Gasteiger partial charge in [-0.3, -0.25) is 0 Å². The monoisotopic (exact) mass is 228 g/mol. The Balaban J connectivity index is 1.94. The molecule has 17 heavy (non-hydrogen) atoms. The van der Waals surface area contributed by atoms with E-state index < -0.39 is 0 Å². The molecule has 90 valence electrons. The van der Waals surface area contributed by atoms with Gasteiger partial charge >= 0.3 is 0 Å². The lowest BCUT2D eigenvalue weighted by atomic mass is 9.85. The Morgan fingerprint density at radius 3 is 2.82 bits per heavy atom. The van der Waals surface area contributed by atoms with Crippen molar-refractivity contribution in [2.45, 2.75) is 32.2 Å². The fraction of sp³-hybridized carbons (Fsp3) is 0.467. The molecular formula is C15H20N2. The first-order chi connectivity index (χ1) is 8.38. The average molecular weight is 228 g/mol. The summed E-state index contributed by atoms with van der Waals surface area (Å²) in [5.41, 5.74) is 8.43. The predicted octanol–water partition coefficient (Wildman–Crippen LogP) is 2.94. The third-order valence-corrected chi connectivity index (χ3v) is 4.00. The highest BCUT2D eigenvalue weighted by Crippen LogP contribution is 2.30. The Morgan fingerprint density at radius 2 is 2.12 bits per heavy atom. The van der Waals surface area contributed by atoms with Crippen LogP contribution in [-0.4, -0.2) is 11.1 Å². The molecule has 2 nitrogen and oxygen atoms in total. The lowest BCUT2D eigenvalue weighted by Crippen LogP contribution is -2.17. The van der Waals surface area contributed by atoms with Gasteiger partial charge in [0.25, 0.3) is 0 Å². The quantitative estimate of drug-likeness (QED) is 0.857. The molecule has 0 bridgehead atoms. The molecule has 1 aliphatic carbocycles. The van der Waals surface area contributed by atoms with Crippen LogP contribution in [0, 0.1) is 5.92 Å². The molecule has 0 saturated heterocycles.